The Morgan fingerprint density at radius 3 is 2.55 bits per heavy atom. The number of anilines is 1. The zero-order chi connectivity index (χ0) is 16.3. The van der Waals surface area contributed by atoms with E-state index in [9.17, 15) is 13.6 Å². The zero-order valence-electron chi connectivity index (χ0n) is 11.4. The van der Waals surface area contributed by atoms with Gasteiger partial charge in [0.05, 0.1) is 19.1 Å². The van der Waals surface area contributed by atoms with Gasteiger partial charge in [-0.2, -0.15) is 0 Å². The summed E-state index contributed by atoms with van der Waals surface area (Å²) in [6.45, 7) is 0. The molecule has 0 atom stereocenters. The minimum Gasteiger partial charge on any atom is -0.464 e. The Morgan fingerprint density at radius 2 is 2.00 bits per heavy atom. The molecule has 0 amide bonds. The molecule has 0 saturated heterocycles. The van der Waals surface area contributed by atoms with Crippen LogP contribution in [0.15, 0.2) is 30.6 Å². The van der Waals surface area contributed by atoms with Crippen LogP contribution in [0.3, 0.4) is 0 Å². The standard InChI is InChI=1S/C15H11ClF2N2O2/c1-22-15(21)14-10(6-7-17)12(19)11(18)13(20-14)8-2-4-9(16)5-3-8/h2-7H,1H3,(H2,19,20). The minimum absolute atomic E-state index is 0.140. The van der Waals surface area contributed by atoms with Crippen LogP contribution in [0.2, 0.25) is 5.02 Å². The molecule has 0 unspecified atom stereocenters. The summed E-state index contributed by atoms with van der Waals surface area (Å²) in [7, 11) is 1.13. The first-order valence-corrected chi connectivity index (χ1v) is 6.47. The summed E-state index contributed by atoms with van der Waals surface area (Å²) in [4.78, 5) is 15.7. The molecule has 1 heterocycles. The van der Waals surface area contributed by atoms with E-state index in [0.29, 0.717) is 10.6 Å². The summed E-state index contributed by atoms with van der Waals surface area (Å²) in [5, 5.41) is 0.460. The van der Waals surface area contributed by atoms with Crippen LogP contribution in [0.1, 0.15) is 16.1 Å². The van der Waals surface area contributed by atoms with Gasteiger partial charge in [0.1, 0.15) is 5.69 Å². The van der Waals surface area contributed by atoms with Gasteiger partial charge in [-0.3, -0.25) is 0 Å². The molecule has 0 aliphatic carbocycles. The summed E-state index contributed by atoms with van der Waals surface area (Å²) < 4.78 is 31.4. The van der Waals surface area contributed by atoms with Crippen LogP contribution in [0.25, 0.3) is 17.3 Å². The van der Waals surface area contributed by atoms with Crippen molar-refractivity contribution in [2.24, 2.45) is 0 Å². The minimum atomic E-state index is -0.858. The number of nitrogen functional groups attached to an aromatic ring is 1. The number of carbonyl (C=O) groups excluding carboxylic acids is 1. The Bertz CT molecular complexity index is 746. The second-order valence-corrected chi connectivity index (χ2v) is 4.68. The van der Waals surface area contributed by atoms with E-state index in [-0.39, 0.29) is 23.3 Å². The van der Waals surface area contributed by atoms with Gasteiger partial charge >= 0.3 is 5.97 Å². The van der Waals surface area contributed by atoms with Gasteiger partial charge in [-0.25, -0.2) is 18.6 Å². The number of methoxy groups -OCH3 is 1. The Kier molecular flexibility index (Phi) is 4.72. The largest absolute Gasteiger partial charge is 0.464 e. The number of nitrogens with two attached hydrogens (primary N) is 1. The van der Waals surface area contributed by atoms with Crippen LogP contribution < -0.4 is 5.73 Å². The normalized spacial score (nSPS) is 10.9. The second-order valence-electron chi connectivity index (χ2n) is 4.24. The van der Waals surface area contributed by atoms with Crippen molar-refractivity contribution in [3.05, 3.63) is 52.7 Å². The molecule has 2 rings (SSSR count). The predicted octanol–water partition coefficient (Wildman–Crippen LogP) is 3.85. The summed E-state index contributed by atoms with van der Waals surface area (Å²) in [5.74, 6) is -1.71. The maximum Gasteiger partial charge on any atom is 0.357 e. The van der Waals surface area contributed by atoms with Gasteiger partial charge in [-0.05, 0) is 18.2 Å². The van der Waals surface area contributed by atoms with E-state index >= 15 is 0 Å². The molecule has 0 fully saturated rings. The molecule has 0 radical (unpaired) electrons. The zero-order valence-corrected chi connectivity index (χ0v) is 12.2. The van der Waals surface area contributed by atoms with Crippen LogP contribution in [0.4, 0.5) is 14.5 Å². The Hall–Kier alpha value is -2.47. The van der Waals surface area contributed by atoms with Crippen molar-refractivity contribution in [3.63, 3.8) is 0 Å². The topological polar surface area (TPSA) is 65.2 Å². The van der Waals surface area contributed by atoms with Gasteiger partial charge < -0.3 is 10.5 Å². The van der Waals surface area contributed by atoms with E-state index in [0.717, 1.165) is 13.2 Å². The third-order valence-corrected chi connectivity index (χ3v) is 3.19. The summed E-state index contributed by atoms with van der Waals surface area (Å²) in [6, 6.07) is 6.14. The van der Waals surface area contributed by atoms with Crippen LogP contribution >= 0.6 is 11.6 Å². The third-order valence-electron chi connectivity index (χ3n) is 2.94. The lowest BCUT2D eigenvalue weighted by molar-refractivity contribution is 0.0594. The number of esters is 1. The molecule has 4 nitrogen and oxygen atoms in total. The van der Waals surface area contributed by atoms with Crippen LogP contribution in [-0.2, 0) is 4.74 Å². The third kappa shape index (κ3) is 2.92. The molecule has 0 aliphatic heterocycles. The van der Waals surface area contributed by atoms with Crippen molar-refractivity contribution in [2.45, 2.75) is 0 Å². The number of nitrogens with zero attached hydrogens (tertiary/aromatic N) is 1. The monoisotopic (exact) mass is 324 g/mol. The molecule has 1 aromatic heterocycles. The second kappa shape index (κ2) is 6.53. The lowest BCUT2D eigenvalue weighted by Crippen LogP contribution is -2.12. The number of carbonyl (C=O) groups is 1. The fraction of sp³-hybridized carbons (Fsp3) is 0.0667. The van der Waals surface area contributed by atoms with Gasteiger partial charge in [0.15, 0.2) is 11.5 Å². The van der Waals surface area contributed by atoms with Crippen molar-refractivity contribution in [3.8, 4) is 11.3 Å². The van der Waals surface area contributed by atoms with E-state index in [1.807, 2.05) is 0 Å². The van der Waals surface area contributed by atoms with Crippen LogP contribution in [-0.4, -0.2) is 18.1 Å². The highest BCUT2D eigenvalue weighted by atomic mass is 35.5. The quantitative estimate of drug-likeness (QED) is 0.871. The van der Waals surface area contributed by atoms with E-state index in [1.165, 1.54) is 12.1 Å². The molecule has 0 spiro atoms. The molecule has 1 aromatic carbocycles. The van der Waals surface area contributed by atoms with Crippen LogP contribution in [0.5, 0.6) is 0 Å². The molecular weight excluding hydrogens is 314 g/mol. The molecule has 7 heteroatoms. The lowest BCUT2D eigenvalue weighted by atomic mass is 10.1. The van der Waals surface area contributed by atoms with Crippen molar-refractivity contribution < 1.29 is 18.3 Å². The highest BCUT2D eigenvalue weighted by Gasteiger charge is 2.22. The SMILES string of the molecule is COC(=O)c1nc(-c2ccc(Cl)cc2)c(F)c(N)c1C=CF. The highest BCUT2D eigenvalue weighted by molar-refractivity contribution is 6.30. The number of hydrogen-bond acceptors (Lipinski definition) is 4. The first kappa shape index (κ1) is 15.9. The Balaban J connectivity index is 2.73. The van der Waals surface area contributed by atoms with Gasteiger partial charge in [-0.15, -0.1) is 0 Å². The number of rotatable bonds is 3. The molecule has 114 valence electrons. The summed E-state index contributed by atoms with van der Waals surface area (Å²) in [6.07, 6.45) is 0.991. The average Bonchev–Trinajstić information content (AvgIpc) is 2.52. The predicted molar refractivity (Wildman–Crippen MR) is 80.5 cm³/mol. The average molecular weight is 325 g/mol. The summed E-state index contributed by atoms with van der Waals surface area (Å²) in [5.41, 5.74) is 5.04. The molecule has 0 aliphatic rings. The van der Waals surface area contributed by atoms with Gasteiger partial charge in [0, 0.05) is 16.1 Å². The summed E-state index contributed by atoms with van der Waals surface area (Å²) >= 11 is 5.78. The van der Waals surface area contributed by atoms with Gasteiger partial charge in [0.25, 0.3) is 0 Å². The number of aromatic nitrogens is 1. The molecule has 0 bridgehead atoms. The lowest BCUT2D eigenvalue weighted by Gasteiger charge is -2.12. The smallest absolute Gasteiger partial charge is 0.357 e. The number of benzene rings is 1. The number of ether oxygens (including phenoxy) is 1. The van der Waals surface area contributed by atoms with E-state index in [1.54, 1.807) is 12.1 Å². The fourth-order valence-corrected chi connectivity index (χ4v) is 2.00. The van der Waals surface area contributed by atoms with Gasteiger partial charge in [0.2, 0.25) is 0 Å². The van der Waals surface area contributed by atoms with Crippen molar-refractivity contribution >= 4 is 29.3 Å². The number of pyridine rings is 1. The van der Waals surface area contributed by atoms with Crippen molar-refractivity contribution in [1.29, 1.82) is 0 Å². The van der Waals surface area contributed by atoms with Gasteiger partial charge in [-0.1, -0.05) is 23.7 Å². The fourth-order valence-electron chi connectivity index (χ4n) is 1.88. The Morgan fingerprint density at radius 1 is 1.36 bits per heavy atom. The maximum absolute atomic E-state index is 14.4. The van der Waals surface area contributed by atoms with Crippen LogP contribution in [0, 0.1) is 5.82 Å². The van der Waals surface area contributed by atoms with Crippen molar-refractivity contribution in [2.75, 3.05) is 12.8 Å². The number of hydrogen-bond donors (Lipinski definition) is 1. The van der Waals surface area contributed by atoms with E-state index in [2.05, 4.69) is 9.72 Å². The maximum atomic E-state index is 14.4. The first-order chi connectivity index (χ1) is 10.5. The Labute approximate surface area is 130 Å². The van der Waals surface area contributed by atoms with Crippen molar-refractivity contribution in [1.82, 2.24) is 4.98 Å². The van der Waals surface area contributed by atoms with E-state index < -0.39 is 17.5 Å². The number of halogens is 3. The molecular formula is C15H11ClF2N2O2. The molecule has 0 saturated carbocycles. The molecule has 2 aromatic rings. The van der Waals surface area contributed by atoms with E-state index in [4.69, 9.17) is 17.3 Å². The highest BCUT2D eigenvalue weighted by Crippen LogP contribution is 2.30. The molecule has 2 N–H and O–H groups in total. The first-order valence-electron chi connectivity index (χ1n) is 6.09. The molecule has 22 heavy (non-hydrogen) atoms.